The number of benzene rings is 3. The molecule has 0 radical (unpaired) electrons. The quantitative estimate of drug-likeness (QED) is 0.370. The molecule has 0 heterocycles. The van der Waals surface area contributed by atoms with E-state index in [0.29, 0.717) is 0 Å². The van der Waals surface area contributed by atoms with Crippen molar-refractivity contribution in [3.8, 4) is 0 Å². The lowest BCUT2D eigenvalue weighted by Crippen LogP contribution is -2.04. The van der Waals surface area contributed by atoms with Crippen molar-refractivity contribution < 1.29 is 18.1 Å². The van der Waals surface area contributed by atoms with E-state index in [2.05, 4.69) is 0 Å². The Bertz CT molecular complexity index is 872. The van der Waals surface area contributed by atoms with Crippen LogP contribution in [0.4, 0.5) is 0 Å². The first-order valence-corrected chi connectivity index (χ1v) is 11.1. The maximum atomic E-state index is 13.4. The third-order valence-corrected chi connectivity index (χ3v) is 6.25. The highest BCUT2D eigenvalue weighted by Gasteiger charge is 2.28. The van der Waals surface area contributed by atoms with Crippen LogP contribution < -0.4 is 0 Å². The fourth-order valence-corrected chi connectivity index (χ4v) is 3.99. The van der Waals surface area contributed by atoms with Gasteiger partial charge in [0.2, 0.25) is 0 Å². The van der Waals surface area contributed by atoms with Crippen molar-refractivity contribution in [2.45, 2.75) is 40.6 Å². The fourth-order valence-electron chi connectivity index (χ4n) is 2.87. The Balaban J connectivity index is 1.74. The summed E-state index contributed by atoms with van der Waals surface area (Å²) in [5.41, 5.74) is 6.05. The molecule has 0 atom stereocenters. The molecule has 0 spiro atoms. The number of hydrogen-bond acceptors (Lipinski definition) is 4. The molecule has 0 amide bonds. The summed E-state index contributed by atoms with van der Waals surface area (Å²) in [7, 11) is -3.78. The molecule has 29 heavy (non-hydrogen) atoms. The van der Waals surface area contributed by atoms with E-state index in [1.807, 2.05) is 93.6 Å². The van der Waals surface area contributed by atoms with Crippen LogP contribution in [0.3, 0.4) is 0 Å². The highest BCUT2D eigenvalue weighted by molar-refractivity contribution is 7.48. The summed E-state index contributed by atoms with van der Waals surface area (Å²) in [5.74, 6) is 0. The van der Waals surface area contributed by atoms with Crippen LogP contribution in [0.1, 0.15) is 33.4 Å². The van der Waals surface area contributed by atoms with Crippen molar-refractivity contribution in [3.05, 3.63) is 106 Å². The topological polar surface area (TPSA) is 44.8 Å². The molecular formula is C24H27O4P. The molecule has 0 aliphatic rings. The molecule has 3 aromatic rings. The van der Waals surface area contributed by atoms with Gasteiger partial charge in [-0.1, -0.05) is 72.8 Å². The number of rotatable bonds is 9. The summed E-state index contributed by atoms with van der Waals surface area (Å²) >= 11 is 0. The minimum Gasteiger partial charge on any atom is -0.282 e. The summed E-state index contributed by atoms with van der Waals surface area (Å²) in [6.07, 6.45) is 0. The summed E-state index contributed by atoms with van der Waals surface area (Å²) in [5, 5.41) is 0. The summed E-state index contributed by atoms with van der Waals surface area (Å²) < 4.78 is 30.6. The molecule has 0 saturated carbocycles. The maximum absolute atomic E-state index is 13.4. The largest absolute Gasteiger partial charge is 0.475 e. The molecule has 0 aliphatic carbocycles. The summed E-state index contributed by atoms with van der Waals surface area (Å²) in [6, 6.07) is 23.5. The van der Waals surface area contributed by atoms with E-state index in [0.717, 1.165) is 33.4 Å². The minimum absolute atomic E-state index is 0.158. The van der Waals surface area contributed by atoms with Crippen LogP contribution in [-0.4, -0.2) is 0 Å². The number of phosphoric ester groups is 1. The standard InChI is InChI=1S/C24H27O4P/c1-19-10-4-7-13-22(19)16-26-29(25,27-17-23-14-8-5-11-20(23)2)28-18-24-15-9-6-12-21(24)3/h4-15H,16-18H2,1-3H3. The fraction of sp³-hybridized carbons (Fsp3) is 0.250. The zero-order valence-corrected chi connectivity index (χ0v) is 18.0. The van der Waals surface area contributed by atoms with E-state index in [1.165, 1.54) is 0 Å². The molecule has 3 aromatic carbocycles. The Morgan fingerprint density at radius 3 is 1.10 bits per heavy atom. The molecule has 0 aromatic heterocycles. The van der Waals surface area contributed by atoms with Crippen molar-refractivity contribution in [1.29, 1.82) is 0 Å². The second-order valence-corrected chi connectivity index (χ2v) is 8.72. The summed E-state index contributed by atoms with van der Waals surface area (Å²) in [4.78, 5) is 0. The number of phosphoric acid groups is 1. The predicted octanol–water partition coefficient (Wildman–Crippen LogP) is 6.67. The van der Waals surface area contributed by atoms with E-state index in [4.69, 9.17) is 13.6 Å². The first-order chi connectivity index (χ1) is 14.0. The number of hydrogen-bond donors (Lipinski definition) is 0. The van der Waals surface area contributed by atoms with E-state index in [-0.39, 0.29) is 19.8 Å². The zero-order valence-electron chi connectivity index (χ0n) is 17.1. The molecule has 0 fully saturated rings. The average molecular weight is 410 g/mol. The van der Waals surface area contributed by atoms with E-state index < -0.39 is 7.82 Å². The van der Waals surface area contributed by atoms with E-state index >= 15 is 0 Å². The maximum Gasteiger partial charge on any atom is 0.475 e. The molecule has 0 N–H and O–H groups in total. The highest BCUT2D eigenvalue weighted by Crippen LogP contribution is 2.52. The Labute approximate surface area is 173 Å². The number of aryl methyl sites for hydroxylation is 3. The van der Waals surface area contributed by atoms with Gasteiger partial charge in [0, 0.05) is 0 Å². The van der Waals surface area contributed by atoms with E-state index in [1.54, 1.807) is 0 Å². The lowest BCUT2D eigenvalue weighted by Gasteiger charge is -2.20. The highest BCUT2D eigenvalue weighted by atomic mass is 31.2. The average Bonchev–Trinajstić information content (AvgIpc) is 2.72. The monoisotopic (exact) mass is 410 g/mol. The van der Waals surface area contributed by atoms with Crippen molar-refractivity contribution in [2.24, 2.45) is 0 Å². The molecule has 0 saturated heterocycles. The van der Waals surface area contributed by atoms with Crippen molar-refractivity contribution >= 4 is 7.82 Å². The van der Waals surface area contributed by atoms with Crippen LogP contribution in [0.2, 0.25) is 0 Å². The van der Waals surface area contributed by atoms with Gasteiger partial charge in [0.05, 0.1) is 19.8 Å². The van der Waals surface area contributed by atoms with Gasteiger partial charge in [-0.05, 0) is 54.2 Å². The second kappa shape index (κ2) is 10.00. The van der Waals surface area contributed by atoms with E-state index in [9.17, 15) is 4.57 Å². The van der Waals surface area contributed by atoms with Gasteiger partial charge in [0.25, 0.3) is 0 Å². The lowest BCUT2D eigenvalue weighted by molar-refractivity contribution is 0.0975. The lowest BCUT2D eigenvalue weighted by atomic mass is 10.1. The molecular weight excluding hydrogens is 383 g/mol. The van der Waals surface area contributed by atoms with Crippen LogP contribution in [-0.2, 0) is 38.0 Å². The van der Waals surface area contributed by atoms with Crippen molar-refractivity contribution in [2.75, 3.05) is 0 Å². The van der Waals surface area contributed by atoms with Crippen LogP contribution in [0, 0.1) is 20.8 Å². The van der Waals surface area contributed by atoms with Gasteiger partial charge in [-0.3, -0.25) is 13.6 Å². The molecule has 4 nitrogen and oxygen atoms in total. The molecule has 0 unspecified atom stereocenters. The Kier molecular flexibility index (Phi) is 7.40. The van der Waals surface area contributed by atoms with Crippen LogP contribution in [0.25, 0.3) is 0 Å². The third kappa shape index (κ3) is 6.12. The van der Waals surface area contributed by atoms with Crippen molar-refractivity contribution in [3.63, 3.8) is 0 Å². The zero-order chi connectivity index (χ0) is 20.7. The van der Waals surface area contributed by atoms with Gasteiger partial charge in [-0.2, -0.15) is 0 Å². The first-order valence-electron chi connectivity index (χ1n) is 9.64. The van der Waals surface area contributed by atoms with Gasteiger partial charge in [-0.25, -0.2) is 4.57 Å². The first kappa shape index (κ1) is 21.5. The normalized spacial score (nSPS) is 11.6. The Morgan fingerprint density at radius 1 is 0.552 bits per heavy atom. The minimum atomic E-state index is -3.78. The Morgan fingerprint density at radius 2 is 0.828 bits per heavy atom. The molecule has 3 rings (SSSR count). The van der Waals surface area contributed by atoms with Crippen LogP contribution in [0.5, 0.6) is 0 Å². The van der Waals surface area contributed by atoms with Gasteiger partial charge >= 0.3 is 7.82 Å². The van der Waals surface area contributed by atoms with Crippen molar-refractivity contribution in [1.82, 2.24) is 0 Å². The Hall–Kier alpha value is -2.23. The van der Waals surface area contributed by atoms with Crippen LogP contribution in [0.15, 0.2) is 72.8 Å². The van der Waals surface area contributed by atoms with Gasteiger partial charge in [0.1, 0.15) is 0 Å². The smallest absolute Gasteiger partial charge is 0.282 e. The molecule has 0 aliphatic heterocycles. The van der Waals surface area contributed by atoms with Gasteiger partial charge < -0.3 is 0 Å². The van der Waals surface area contributed by atoms with Gasteiger partial charge in [0.15, 0.2) is 0 Å². The third-order valence-electron chi connectivity index (χ3n) is 4.92. The molecule has 152 valence electrons. The summed E-state index contributed by atoms with van der Waals surface area (Å²) in [6.45, 7) is 6.45. The molecule has 5 heteroatoms. The second-order valence-electron chi connectivity index (χ2n) is 7.05. The van der Waals surface area contributed by atoms with Gasteiger partial charge in [-0.15, -0.1) is 0 Å². The SMILES string of the molecule is Cc1ccccc1COP(=O)(OCc1ccccc1C)OCc1ccccc1C. The van der Waals surface area contributed by atoms with Crippen LogP contribution >= 0.6 is 7.82 Å². The predicted molar refractivity (Wildman–Crippen MR) is 116 cm³/mol. The molecule has 0 bridgehead atoms.